The van der Waals surface area contributed by atoms with Gasteiger partial charge in [-0.25, -0.2) is 0 Å². The molecule has 0 unspecified atom stereocenters. The van der Waals surface area contributed by atoms with Gasteiger partial charge in [0.15, 0.2) is 4.34 Å². The Labute approximate surface area is 106 Å². The smallest absolute Gasteiger partial charge is 0.258 e. The maximum atomic E-state index is 10.7. The van der Waals surface area contributed by atoms with Gasteiger partial charge in [0.2, 0.25) is 0 Å². The maximum absolute atomic E-state index is 10.7. The Bertz CT molecular complexity index is 516. The highest BCUT2D eigenvalue weighted by Gasteiger charge is 2.13. The summed E-state index contributed by atoms with van der Waals surface area (Å²) in [4.78, 5) is 10.3. The molecule has 2 aromatic rings. The van der Waals surface area contributed by atoms with Crippen molar-refractivity contribution in [3.05, 3.63) is 45.5 Å². The van der Waals surface area contributed by atoms with Crippen LogP contribution in [0.2, 0.25) is 0 Å². The van der Waals surface area contributed by atoms with Crippen LogP contribution in [0.3, 0.4) is 0 Å². The van der Waals surface area contributed by atoms with E-state index in [2.05, 4.69) is 10.2 Å². The first kappa shape index (κ1) is 12.0. The SMILES string of the molecule is C[C@H](Sc1nncs1)c1cccc([N+](=O)[O-])c1. The van der Waals surface area contributed by atoms with E-state index >= 15 is 0 Å². The first-order chi connectivity index (χ1) is 8.16. The van der Waals surface area contributed by atoms with Crippen molar-refractivity contribution in [2.45, 2.75) is 16.5 Å². The number of thioether (sulfide) groups is 1. The van der Waals surface area contributed by atoms with E-state index in [1.807, 2.05) is 13.0 Å². The predicted octanol–water partition coefficient (Wildman–Crippen LogP) is 3.30. The van der Waals surface area contributed by atoms with Crippen LogP contribution in [0.1, 0.15) is 17.7 Å². The van der Waals surface area contributed by atoms with E-state index in [1.165, 1.54) is 17.4 Å². The zero-order valence-electron chi connectivity index (χ0n) is 8.94. The highest BCUT2D eigenvalue weighted by molar-refractivity contribution is 8.01. The highest BCUT2D eigenvalue weighted by Crippen LogP contribution is 2.36. The van der Waals surface area contributed by atoms with E-state index in [0.717, 1.165) is 9.90 Å². The van der Waals surface area contributed by atoms with Gasteiger partial charge in [-0.05, 0) is 12.5 Å². The van der Waals surface area contributed by atoms with Gasteiger partial charge in [-0.1, -0.05) is 35.2 Å². The predicted molar refractivity (Wildman–Crippen MR) is 67.3 cm³/mol. The maximum Gasteiger partial charge on any atom is 0.269 e. The Morgan fingerprint density at radius 1 is 1.53 bits per heavy atom. The monoisotopic (exact) mass is 267 g/mol. The summed E-state index contributed by atoms with van der Waals surface area (Å²) in [7, 11) is 0. The number of aromatic nitrogens is 2. The van der Waals surface area contributed by atoms with E-state index in [9.17, 15) is 10.1 Å². The second-order valence-corrected chi connectivity index (χ2v) is 5.74. The van der Waals surface area contributed by atoms with Crippen molar-refractivity contribution in [1.82, 2.24) is 10.2 Å². The summed E-state index contributed by atoms with van der Waals surface area (Å²) in [6.07, 6.45) is 0. The van der Waals surface area contributed by atoms with E-state index in [-0.39, 0.29) is 15.9 Å². The molecule has 0 aliphatic heterocycles. The van der Waals surface area contributed by atoms with Crippen molar-refractivity contribution in [1.29, 1.82) is 0 Å². The zero-order chi connectivity index (χ0) is 12.3. The Morgan fingerprint density at radius 2 is 2.35 bits per heavy atom. The molecule has 0 aliphatic carbocycles. The number of benzene rings is 1. The van der Waals surface area contributed by atoms with Crippen molar-refractivity contribution in [2.75, 3.05) is 0 Å². The number of non-ortho nitro benzene ring substituents is 1. The van der Waals surface area contributed by atoms with Gasteiger partial charge in [0.05, 0.1) is 4.92 Å². The van der Waals surface area contributed by atoms with Crippen molar-refractivity contribution in [2.24, 2.45) is 0 Å². The van der Waals surface area contributed by atoms with Crippen LogP contribution in [0, 0.1) is 10.1 Å². The first-order valence-electron chi connectivity index (χ1n) is 4.84. The van der Waals surface area contributed by atoms with Gasteiger partial charge in [-0.15, -0.1) is 10.2 Å². The summed E-state index contributed by atoms with van der Waals surface area (Å²) >= 11 is 3.01. The summed E-state index contributed by atoms with van der Waals surface area (Å²) in [5.41, 5.74) is 2.70. The summed E-state index contributed by atoms with van der Waals surface area (Å²) < 4.78 is 0.865. The quantitative estimate of drug-likeness (QED) is 0.483. The third-order valence-corrected chi connectivity index (χ3v) is 4.14. The molecule has 0 amide bonds. The van der Waals surface area contributed by atoms with Gasteiger partial charge in [0, 0.05) is 17.4 Å². The minimum absolute atomic E-state index is 0.114. The van der Waals surface area contributed by atoms with Gasteiger partial charge in [0.25, 0.3) is 5.69 Å². The number of nitro benzene ring substituents is 1. The number of nitro groups is 1. The van der Waals surface area contributed by atoms with Crippen LogP contribution in [0.5, 0.6) is 0 Å². The molecule has 1 aromatic heterocycles. The molecule has 2 rings (SSSR count). The molecule has 17 heavy (non-hydrogen) atoms. The van der Waals surface area contributed by atoms with Gasteiger partial charge in [-0.3, -0.25) is 10.1 Å². The van der Waals surface area contributed by atoms with Gasteiger partial charge >= 0.3 is 0 Å². The molecule has 0 N–H and O–H groups in total. The number of nitrogens with zero attached hydrogens (tertiary/aromatic N) is 3. The number of hydrogen-bond donors (Lipinski definition) is 0. The highest BCUT2D eigenvalue weighted by atomic mass is 32.2. The molecular formula is C10H9N3O2S2. The summed E-state index contributed by atoms with van der Waals surface area (Å²) in [5.74, 6) is 0. The molecule has 88 valence electrons. The molecule has 7 heteroatoms. The molecule has 0 fully saturated rings. The van der Waals surface area contributed by atoms with Crippen molar-refractivity contribution in [3.8, 4) is 0 Å². The van der Waals surface area contributed by atoms with Crippen LogP contribution in [0.4, 0.5) is 5.69 Å². The third-order valence-electron chi connectivity index (χ3n) is 2.17. The molecule has 1 atom stereocenters. The van der Waals surface area contributed by atoms with Crippen LogP contribution < -0.4 is 0 Å². The Kier molecular flexibility index (Phi) is 3.70. The van der Waals surface area contributed by atoms with Crippen LogP contribution in [-0.2, 0) is 0 Å². The molecular weight excluding hydrogens is 258 g/mol. The molecule has 0 aliphatic rings. The average Bonchev–Trinajstić information content (AvgIpc) is 2.82. The van der Waals surface area contributed by atoms with Crippen LogP contribution in [-0.4, -0.2) is 15.1 Å². The second kappa shape index (κ2) is 5.24. The minimum Gasteiger partial charge on any atom is -0.258 e. The third kappa shape index (κ3) is 3.01. The Balaban J connectivity index is 2.16. The Hall–Kier alpha value is -1.47. The molecule has 5 nitrogen and oxygen atoms in total. The van der Waals surface area contributed by atoms with E-state index in [4.69, 9.17) is 0 Å². The molecule has 1 heterocycles. The molecule has 0 bridgehead atoms. The lowest BCUT2D eigenvalue weighted by Gasteiger charge is -2.08. The Morgan fingerprint density at radius 3 is 3.00 bits per heavy atom. The van der Waals surface area contributed by atoms with Crippen molar-refractivity contribution < 1.29 is 4.92 Å². The lowest BCUT2D eigenvalue weighted by Crippen LogP contribution is -1.92. The minimum atomic E-state index is -0.383. The fraction of sp³-hybridized carbons (Fsp3) is 0.200. The van der Waals surface area contributed by atoms with Gasteiger partial charge in [0.1, 0.15) is 5.51 Å². The molecule has 0 saturated carbocycles. The lowest BCUT2D eigenvalue weighted by molar-refractivity contribution is -0.384. The second-order valence-electron chi connectivity index (χ2n) is 3.32. The van der Waals surface area contributed by atoms with Crippen LogP contribution in [0.25, 0.3) is 0 Å². The van der Waals surface area contributed by atoms with Gasteiger partial charge < -0.3 is 0 Å². The zero-order valence-corrected chi connectivity index (χ0v) is 10.6. The summed E-state index contributed by atoms with van der Waals surface area (Å²) in [6, 6.07) is 6.67. The van der Waals surface area contributed by atoms with Crippen LogP contribution >= 0.6 is 23.1 Å². The standard InChI is InChI=1S/C10H9N3O2S2/c1-7(17-10-12-11-6-16-10)8-3-2-4-9(5-8)13(14)15/h2-7H,1H3/t7-/m0/s1. The molecule has 1 aromatic carbocycles. The summed E-state index contributed by atoms with van der Waals surface area (Å²) in [5, 5.41) is 18.5. The number of rotatable bonds is 4. The van der Waals surface area contributed by atoms with Crippen molar-refractivity contribution >= 4 is 28.8 Å². The largest absolute Gasteiger partial charge is 0.269 e. The van der Waals surface area contributed by atoms with Gasteiger partial charge in [-0.2, -0.15) is 0 Å². The molecule has 0 spiro atoms. The molecule has 0 radical (unpaired) electrons. The topological polar surface area (TPSA) is 68.9 Å². The fourth-order valence-electron chi connectivity index (χ4n) is 1.32. The average molecular weight is 267 g/mol. The van der Waals surface area contributed by atoms with E-state index < -0.39 is 0 Å². The first-order valence-corrected chi connectivity index (χ1v) is 6.60. The van der Waals surface area contributed by atoms with E-state index in [1.54, 1.807) is 29.4 Å². The lowest BCUT2D eigenvalue weighted by atomic mass is 10.1. The van der Waals surface area contributed by atoms with E-state index in [0.29, 0.717) is 0 Å². The number of hydrogen-bond acceptors (Lipinski definition) is 6. The van der Waals surface area contributed by atoms with Crippen LogP contribution in [0.15, 0.2) is 34.1 Å². The fourth-order valence-corrected chi connectivity index (χ4v) is 3.07. The normalized spacial score (nSPS) is 12.3. The molecule has 0 saturated heterocycles. The summed E-state index contributed by atoms with van der Waals surface area (Å²) in [6.45, 7) is 1.99. The van der Waals surface area contributed by atoms with Crippen molar-refractivity contribution in [3.63, 3.8) is 0 Å².